The zero-order valence-corrected chi connectivity index (χ0v) is 5.71. The summed E-state index contributed by atoms with van der Waals surface area (Å²) < 4.78 is 0. The van der Waals surface area contributed by atoms with Crippen molar-refractivity contribution in [3.8, 4) is 5.92 Å². The summed E-state index contributed by atoms with van der Waals surface area (Å²) in [6.45, 7) is 0. The Bertz CT molecular complexity index is 200. The van der Waals surface area contributed by atoms with Crippen LogP contribution < -0.4 is 0 Å². The van der Waals surface area contributed by atoms with Gasteiger partial charge in [0.1, 0.15) is 0 Å². The summed E-state index contributed by atoms with van der Waals surface area (Å²) in [7, 11) is 0. The maximum absolute atomic E-state index is 6.63. The molecule has 0 bridgehead atoms. The molecule has 0 spiro atoms. The van der Waals surface area contributed by atoms with Crippen molar-refractivity contribution in [2.24, 2.45) is 0 Å². The van der Waals surface area contributed by atoms with Gasteiger partial charge < -0.3 is 11.4 Å². The molecule has 1 rings (SSSR count). The van der Waals surface area contributed by atoms with Gasteiger partial charge in [0, 0.05) is 23.3 Å². The molecule has 0 aliphatic heterocycles. The van der Waals surface area contributed by atoms with Crippen LogP contribution in [-0.2, 0) is 17.1 Å². The molecule has 46 valence electrons. The van der Waals surface area contributed by atoms with Crippen molar-refractivity contribution in [2.75, 3.05) is 0 Å². The van der Waals surface area contributed by atoms with Crippen LogP contribution >= 0.6 is 0 Å². The zero-order valence-electron chi connectivity index (χ0n) is 4.61. The van der Waals surface area contributed by atoms with Gasteiger partial charge in [0.25, 0.3) is 0 Å². The van der Waals surface area contributed by atoms with Crippen LogP contribution in [-0.4, -0.2) is 4.98 Å². The third kappa shape index (κ3) is 2.32. The van der Waals surface area contributed by atoms with Gasteiger partial charge in [-0.3, -0.25) is 5.92 Å². The summed E-state index contributed by atoms with van der Waals surface area (Å²) in [4.78, 5) is 3.80. The molecule has 1 aromatic rings. The van der Waals surface area contributed by atoms with Gasteiger partial charge in [-0.1, -0.05) is 6.07 Å². The van der Waals surface area contributed by atoms with Crippen LogP contribution in [0.2, 0.25) is 0 Å². The van der Waals surface area contributed by atoms with Crippen molar-refractivity contribution in [1.82, 2.24) is 4.98 Å². The van der Waals surface area contributed by atoms with Crippen LogP contribution in [0.5, 0.6) is 0 Å². The van der Waals surface area contributed by atoms with Crippen molar-refractivity contribution in [2.45, 2.75) is 0 Å². The Morgan fingerprint density at radius 1 is 1.44 bits per heavy atom. The van der Waals surface area contributed by atoms with Gasteiger partial charge in [0.05, 0.1) is 0 Å². The van der Waals surface area contributed by atoms with Crippen molar-refractivity contribution in [3.63, 3.8) is 0 Å². The second-order valence-corrected chi connectivity index (χ2v) is 1.34. The van der Waals surface area contributed by atoms with E-state index in [1.54, 1.807) is 18.3 Å². The van der Waals surface area contributed by atoms with E-state index in [2.05, 4.69) is 10.9 Å². The first-order chi connectivity index (χ1) is 3.93. The Kier molecular flexibility index (Phi) is 3.79. The van der Waals surface area contributed by atoms with Gasteiger partial charge in [-0.25, -0.2) is 0 Å². The first-order valence-corrected chi connectivity index (χ1v) is 2.27. The number of aromatic nitrogens is 1. The fraction of sp³-hybridized carbons (Fsp3) is 0. The van der Waals surface area contributed by atoms with Crippen LogP contribution in [0.25, 0.3) is 0 Å². The molecule has 0 aliphatic rings. The van der Waals surface area contributed by atoms with E-state index < -0.39 is 0 Å². The van der Waals surface area contributed by atoms with Crippen LogP contribution in [0.4, 0.5) is 0 Å². The van der Waals surface area contributed by atoms with Crippen LogP contribution in [0, 0.1) is 12.3 Å². The minimum Gasteiger partial charge on any atom is -0.364 e. The molecule has 0 saturated carbocycles. The summed E-state index contributed by atoms with van der Waals surface area (Å²) >= 11 is 0. The molecular formula is C7H4FeN-. The number of pyridine rings is 1. The number of rotatable bonds is 0. The second-order valence-electron chi connectivity index (χ2n) is 1.34. The van der Waals surface area contributed by atoms with E-state index in [1.807, 2.05) is 6.07 Å². The van der Waals surface area contributed by atoms with Gasteiger partial charge in [0.15, 0.2) is 0 Å². The van der Waals surface area contributed by atoms with Gasteiger partial charge in [-0.05, 0) is 11.8 Å². The number of hydrogen-bond donors (Lipinski definition) is 0. The summed E-state index contributed by atoms with van der Waals surface area (Å²) in [5.41, 5.74) is 0.576. The predicted molar refractivity (Wildman–Crippen MR) is 30.5 cm³/mol. The summed E-state index contributed by atoms with van der Waals surface area (Å²) in [6.07, 6.45) is 8.27. The van der Waals surface area contributed by atoms with Crippen LogP contribution in [0.1, 0.15) is 5.69 Å². The van der Waals surface area contributed by atoms with Crippen LogP contribution in [0.3, 0.4) is 0 Å². The summed E-state index contributed by atoms with van der Waals surface area (Å²) in [6, 6.07) is 5.36. The van der Waals surface area contributed by atoms with Gasteiger partial charge in [-0.15, -0.1) is 6.07 Å². The maximum atomic E-state index is 6.63. The average molecular weight is 158 g/mol. The largest absolute Gasteiger partial charge is 0.364 e. The first-order valence-electron chi connectivity index (χ1n) is 2.27. The van der Waals surface area contributed by atoms with Gasteiger partial charge in [0.2, 0.25) is 0 Å². The molecule has 9 heavy (non-hydrogen) atoms. The van der Waals surface area contributed by atoms with Crippen molar-refractivity contribution in [3.05, 3.63) is 36.5 Å². The van der Waals surface area contributed by atoms with E-state index in [4.69, 9.17) is 6.42 Å². The monoisotopic (exact) mass is 158 g/mol. The molecule has 0 amide bonds. The third-order valence-electron chi connectivity index (χ3n) is 0.793. The summed E-state index contributed by atoms with van der Waals surface area (Å²) in [5.74, 6) is 2.17. The van der Waals surface area contributed by atoms with Gasteiger partial charge >= 0.3 is 0 Å². The van der Waals surface area contributed by atoms with E-state index in [9.17, 15) is 0 Å². The molecule has 1 nitrogen and oxygen atoms in total. The number of nitrogens with zero attached hydrogens (tertiary/aromatic N) is 1. The second kappa shape index (κ2) is 4.14. The normalized spacial score (nSPS) is 7.00. The van der Waals surface area contributed by atoms with E-state index in [-0.39, 0.29) is 17.1 Å². The van der Waals surface area contributed by atoms with Crippen molar-refractivity contribution in [1.29, 1.82) is 0 Å². The Morgan fingerprint density at radius 3 is 2.56 bits per heavy atom. The van der Waals surface area contributed by atoms with Gasteiger partial charge in [-0.2, -0.15) is 0 Å². The zero-order chi connectivity index (χ0) is 5.82. The van der Waals surface area contributed by atoms with Crippen LogP contribution in [0.15, 0.2) is 24.4 Å². The molecule has 1 heterocycles. The standard InChI is InChI=1S/C7H4N.Fe/c1-2-7-5-3-4-6-8-7;/h3-6H;/q-1;. The minimum atomic E-state index is 0. The summed E-state index contributed by atoms with van der Waals surface area (Å²) in [5, 5.41) is 0. The average Bonchev–Trinajstić information content (AvgIpc) is 1.90. The topological polar surface area (TPSA) is 12.9 Å². The molecule has 0 fully saturated rings. The van der Waals surface area contributed by atoms with Crippen molar-refractivity contribution < 1.29 is 17.1 Å². The maximum Gasteiger partial charge on any atom is 0.00608 e. The molecule has 2 heteroatoms. The van der Waals surface area contributed by atoms with E-state index in [0.717, 1.165) is 0 Å². The quantitative estimate of drug-likeness (QED) is 0.312. The Morgan fingerprint density at radius 2 is 2.22 bits per heavy atom. The molecule has 0 saturated heterocycles. The first kappa shape index (κ1) is 8.23. The smallest absolute Gasteiger partial charge is 0.00608 e. The molecule has 0 aromatic carbocycles. The SMILES string of the molecule is [C-]#Cc1ccccn1.[Fe]. The fourth-order valence-electron chi connectivity index (χ4n) is 0.437. The fourth-order valence-corrected chi connectivity index (χ4v) is 0.437. The Hall–Kier alpha value is -0.771. The minimum absolute atomic E-state index is 0. The number of hydrogen-bond acceptors (Lipinski definition) is 1. The molecule has 0 atom stereocenters. The predicted octanol–water partition coefficient (Wildman–Crippen LogP) is 1.02. The van der Waals surface area contributed by atoms with E-state index in [1.165, 1.54) is 0 Å². The molecule has 0 radical (unpaired) electrons. The van der Waals surface area contributed by atoms with E-state index in [0.29, 0.717) is 5.69 Å². The molecular weight excluding hydrogens is 154 g/mol. The third-order valence-corrected chi connectivity index (χ3v) is 0.793. The Labute approximate surface area is 65.0 Å². The van der Waals surface area contributed by atoms with E-state index >= 15 is 0 Å². The Balaban J connectivity index is 0.000000640. The molecule has 1 aromatic heterocycles. The molecule has 0 aliphatic carbocycles. The molecule has 0 N–H and O–H groups in total. The molecule has 0 unspecified atom stereocenters. The van der Waals surface area contributed by atoms with Crippen molar-refractivity contribution >= 4 is 0 Å².